The van der Waals surface area contributed by atoms with Crippen LogP contribution < -0.4 is 4.74 Å². The van der Waals surface area contributed by atoms with Gasteiger partial charge in [0, 0.05) is 19.8 Å². The third kappa shape index (κ3) is 6.00. The van der Waals surface area contributed by atoms with Crippen molar-refractivity contribution in [3.8, 4) is 5.75 Å². The average Bonchev–Trinajstić information content (AvgIpc) is 2.67. The maximum atomic E-state index is 12.9. The van der Waals surface area contributed by atoms with Gasteiger partial charge in [0.05, 0.1) is 6.92 Å². The van der Waals surface area contributed by atoms with Crippen molar-refractivity contribution in [3.63, 3.8) is 0 Å². The van der Waals surface area contributed by atoms with Crippen LogP contribution in [0, 0.1) is 0 Å². The van der Waals surface area contributed by atoms with E-state index >= 15 is 0 Å². The Morgan fingerprint density at radius 2 is 1.30 bits per heavy atom. The first-order valence-corrected chi connectivity index (χ1v) is 13.4. The van der Waals surface area contributed by atoms with E-state index in [9.17, 15) is 43.2 Å². The molecular weight excluding hydrogens is 520 g/mol. The summed E-state index contributed by atoms with van der Waals surface area (Å²) in [4.78, 5) is 0.770. The van der Waals surface area contributed by atoms with E-state index < -0.39 is 40.3 Å². The third-order valence-electron chi connectivity index (χ3n) is 4.00. The molecule has 0 heterocycles. The normalized spacial score (nSPS) is 13.9. The molecule has 0 radical (unpaired) electrons. The van der Waals surface area contributed by atoms with E-state index in [0.717, 1.165) is 10.5 Å². The number of sulfonamides is 2. The highest BCUT2D eigenvalue weighted by molar-refractivity contribution is 7.98. The van der Waals surface area contributed by atoms with Gasteiger partial charge < -0.3 is 4.74 Å². The summed E-state index contributed by atoms with van der Waals surface area (Å²) in [7, 11) is -14.3. The molecule has 0 saturated heterocycles. The average molecular weight is 538 g/mol. The predicted octanol–water partition coefficient (Wildman–Crippen LogP) is 4.00. The number of alkyl halides is 6. The summed E-state index contributed by atoms with van der Waals surface area (Å²) >= 11 is 0. The highest BCUT2D eigenvalue weighted by atomic mass is 32.3. The number of rotatable bonds is 6. The topological polar surface area (TPSA) is 80.5 Å². The molecule has 0 saturated carbocycles. The molecule has 1 atom stereocenters. The number of hydrogen-bond donors (Lipinski definition) is 0. The molecule has 0 aliphatic heterocycles. The van der Waals surface area contributed by atoms with E-state index in [2.05, 4.69) is 0 Å². The standard InChI is InChI=1S/C18H17F6NO5S3/c1-13(25(32(26,27)17(19,20)21)33(28,29)18(22,23)24)30-15-8-10-16(11-9-15)31(2)12-14-6-4-3-5-7-14/h3-11H,12H2,1-2H3/q+2. The Morgan fingerprint density at radius 1 is 0.848 bits per heavy atom. The summed E-state index contributed by atoms with van der Waals surface area (Å²) < 4.78 is 127. The second-order valence-electron chi connectivity index (χ2n) is 6.46. The minimum absolute atomic E-state index is 0.328. The van der Waals surface area contributed by atoms with Crippen LogP contribution in [0.4, 0.5) is 26.3 Å². The fourth-order valence-corrected chi connectivity index (χ4v) is 6.64. The van der Waals surface area contributed by atoms with Gasteiger partial charge in [-0.25, -0.2) is 0 Å². The monoisotopic (exact) mass is 537 g/mol. The lowest BCUT2D eigenvalue weighted by Crippen LogP contribution is -2.46. The molecule has 0 spiro atoms. The van der Waals surface area contributed by atoms with Crippen LogP contribution in [0.5, 0.6) is 5.75 Å². The zero-order valence-corrected chi connectivity index (χ0v) is 19.3. The van der Waals surface area contributed by atoms with Gasteiger partial charge in [0.1, 0.15) is 17.8 Å². The van der Waals surface area contributed by atoms with E-state index in [0.29, 0.717) is 12.7 Å². The van der Waals surface area contributed by atoms with Crippen molar-refractivity contribution in [1.29, 1.82) is 0 Å². The fraction of sp³-hybridized carbons (Fsp3) is 0.278. The molecular formula is C18H17F6NO5S3+2. The number of benzene rings is 2. The number of halogens is 6. The van der Waals surface area contributed by atoms with Crippen LogP contribution in [-0.2, 0) is 36.7 Å². The molecule has 2 aromatic carbocycles. The Kier molecular flexibility index (Phi) is 7.80. The van der Waals surface area contributed by atoms with Gasteiger partial charge in [0.2, 0.25) is 0 Å². The minimum atomic E-state index is -6.99. The van der Waals surface area contributed by atoms with Crippen LogP contribution in [0.1, 0.15) is 12.5 Å². The first-order chi connectivity index (χ1) is 15.0. The maximum Gasteiger partial charge on any atom is 0.561 e. The summed E-state index contributed by atoms with van der Waals surface area (Å²) in [5, 5.41) is 0. The molecule has 2 rings (SSSR count). The molecule has 6 nitrogen and oxygen atoms in total. The van der Waals surface area contributed by atoms with E-state index in [4.69, 9.17) is 4.74 Å². The lowest BCUT2D eigenvalue weighted by atomic mass is 10.2. The van der Waals surface area contributed by atoms with Gasteiger partial charge in [0.15, 0.2) is 4.90 Å². The van der Waals surface area contributed by atoms with Crippen molar-refractivity contribution >= 4 is 36.8 Å². The number of nitrogens with zero attached hydrogens (tertiary/aromatic N) is 1. The minimum Gasteiger partial charge on any atom is -0.407 e. The molecule has 1 unspecified atom stereocenters. The van der Waals surface area contributed by atoms with Gasteiger partial charge in [-0.1, -0.05) is 30.3 Å². The lowest BCUT2D eigenvalue weighted by Gasteiger charge is -2.11. The van der Waals surface area contributed by atoms with Gasteiger partial charge in [-0.15, -0.1) is 0 Å². The molecule has 0 N–H and O–H groups in total. The summed E-state index contributed by atoms with van der Waals surface area (Å²) in [5.41, 5.74) is -11.6. The van der Waals surface area contributed by atoms with Gasteiger partial charge in [-0.05, 0) is 24.3 Å². The summed E-state index contributed by atoms with van der Waals surface area (Å²) in [6.07, 6.45) is 1.91. The van der Waals surface area contributed by atoms with Crippen LogP contribution in [0.15, 0.2) is 59.5 Å². The quantitative estimate of drug-likeness (QED) is 0.183. The highest BCUT2D eigenvalue weighted by Crippen LogP contribution is 2.33. The van der Waals surface area contributed by atoms with Crippen molar-refractivity contribution in [1.82, 2.24) is 0 Å². The first-order valence-electron chi connectivity index (χ1n) is 8.69. The molecule has 0 bridgehead atoms. The second-order valence-corrected chi connectivity index (χ2v) is 12.3. The second kappa shape index (κ2) is 9.54. The fourth-order valence-electron chi connectivity index (χ4n) is 2.51. The van der Waals surface area contributed by atoms with Crippen molar-refractivity contribution in [2.24, 2.45) is 0 Å². The molecule has 0 fully saturated rings. The summed E-state index contributed by atoms with van der Waals surface area (Å²) in [5.74, 6) is -1.38. The molecule has 2 aromatic rings. The van der Waals surface area contributed by atoms with Crippen molar-refractivity contribution in [2.45, 2.75) is 28.6 Å². The lowest BCUT2D eigenvalue weighted by molar-refractivity contribution is -0.241. The van der Waals surface area contributed by atoms with E-state index in [-0.39, 0.29) is 16.6 Å². The third-order valence-corrected chi connectivity index (χ3v) is 9.57. The number of hydrogen-bond acceptors (Lipinski definition) is 5. The van der Waals surface area contributed by atoms with Gasteiger partial charge in [-0.2, -0.15) is 43.2 Å². The van der Waals surface area contributed by atoms with Crippen molar-refractivity contribution in [2.75, 3.05) is 6.26 Å². The molecule has 0 aliphatic rings. The van der Waals surface area contributed by atoms with Crippen LogP contribution in [0.3, 0.4) is 0 Å². The molecule has 182 valence electrons. The van der Waals surface area contributed by atoms with Crippen molar-refractivity contribution < 1.29 is 51.3 Å². The zero-order valence-electron chi connectivity index (χ0n) is 16.9. The molecule has 0 amide bonds. The first kappa shape index (κ1) is 27.0. The van der Waals surface area contributed by atoms with Crippen molar-refractivity contribution in [3.05, 3.63) is 60.2 Å². The summed E-state index contributed by atoms with van der Waals surface area (Å²) in [6, 6.07) is 14.7. The SMILES string of the molecule is CC(Oc1ccc([S+](C)Cc2ccccc2)cc1)=[N+](S(=O)(=O)C(F)(F)F)S(=O)(=O)C(F)(F)F. The van der Waals surface area contributed by atoms with Gasteiger partial charge in [0.25, 0.3) is 0 Å². The molecule has 15 heteroatoms. The predicted molar refractivity (Wildman–Crippen MR) is 110 cm³/mol. The van der Waals surface area contributed by atoms with Crippen LogP contribution >= 0.6 is 0 Å². The smallest absolute Gasteiger partial charge is 0.407 e. The summed E-state index contributed by atoms with van der Waals surface area (Å²) in [6.45, 7) is 0.361. The van der Waals surface area contributed by atoms with Gasteiger partial charge >= 0.3 is 37.0 Å². The molecule has 0 aliphatic carbocycles. The Bertz CT molecular complexity index is 1180. The zero-order chi connectivity index (χ0) is 25.2. The van der Waals surface area contributed by atoms with E-state index in [1.165, 1.54) is 24.3 Å². The maximum absolute atomic E-state index is 12.9. The Labute approximate surface area is 189 Å². The molecule has 33 heavy (non-hydrogen) atoms. The van der Waals surface area contributed by atoms with Crippen LogP contribution in [0.25, 0.3) is 0 Å². The Morgan fingerprint density at radius 3 is 1.73 bits per heavy atom. The largest absolute Gasteiger partial charge is 0.561 e. The van der Waals surface area contributed by atoms with Crippen LogP contribution in [-0.4, -0.2) is 43.4 Å². The Hall–Kier alpha value is -2.26. The highest BCUT2D eigenvalue weighted by Gasteiger charge is 2.68. The van der Waals surface area contributed by atoms with E-state index in [1.807, 2.05) is 36.6 Å². The van der Waals surface area contributed by atoms with Gasteiger partial charge in [-0.3, -0.25) is 0 Å². The Balaban J connectivity index is 2.42. The number of ether oxygens (including phenoxy) is 1. The van der Waals surface area contributed by atoms with Crippen LogP contribution in [0.2, 0.25) is 0 Å². The van der Waals surface area contributed by atoms with E-state index in [1.54, 1.807) is 0 Å². The molecule has 0 aromatic heterocycles.